The third-order valence-electron chi connectivity index (χ3n) is 4.31. The van der Waals surface area contributed by atoms with Crippen LogP contribution in [0.4, 0.5) is 0 Å². The number of aryl methyl sites for hydroxylation is 1. The zero-order valence-corrected chi connectivity index (χ0v) is 11.1. The lowest BCUT2D eigenvalue weighted by molar-refractivity contribution is 0.130. The lowest BCUT2D eigenvalue weighted by Gasteiger charge is -2.30. The maximum absolute atomic E-state index is 10.4. The minimum atomic E-state index is -0.429. The van der Waals surface area contributed by atoms with Crippen molar-refractivity contribution in [3.8, 4) is 5.75 Å². The van der Waals surface area contributed by atoms with E-state index in [1.54, 1.807) is 6.26 Å². The van der Waals surface area contributed by atoms with E-state index in [4.69, 9.17) is 4.42 Å². The molecule has 0 amide bonds. The fourth-order valence-electron chi connectivity index (χ4n) is 3.28. The first-order valence-electron chi connectivity index (χ1n) is 6.59. The normalized spacial score (nSPS) is 22.7. The van der Waals surface area contributed by atoms with Crippen LogP contribution in [0.15, 0.2) is 10.7 Å². The molecule has 4 heteroatoms. The Morgan fingerprint density at radius 1 is 1.42 bits per heavy atom. The number of hydrogen-bond acceptors (Lipinski definition) is 4. The van der Waals surface area contributed by atoms with Gasteiger partial charge in [0.05, 0.1) is 19.0 Å². The highest BCUT2D eigenvalue weighted by atomic mass is 16.3. The number of furan rings is 1. The molecule has 0 bridgehead atoms. The maximum atomic E-state index is 10.4. The number of rotatable bonds is 1. The molecule has 1 aromatic carbocycles. The number of phenolic OH excluding ortho intramolecular Hbond substituents is 1. The van der Waals surface area contributed by atoms with Gasteiger partial charge in [0.25, 0.3) is 0 Å². The number of benzene rings is 1. The number of phenols is 1. The number of fused-ring (bicyclic) bond motifs is 2. The van der Waals surface area contributed by atoms with Crippen molar-refractivity contribution in [1.82, 2.24) is 0 Å². The molecule has 19 heavy (non-hydrogen) atoms. The molecule has 3 rings (SSSR count). The van der Waals surface area contributed by atoms with Gasteiger partial charge in [0.1, 0.15) is 0 Å². The average Bonchev–Trinajstić information content (AvgIpc) is 2.78. The largest absolute Gasteiger partial charge is 0.504 e. The van der Waals surface area contributed by atoms with Crippen molar-refractivity contribution in [2.45, 2.75) is 45.3 Å². The lowest BCUT2D eigenvalue weighted by Crippen LogP contribution is -2.24. The van der Waals surface area contributed by atoms with E-state index in [1.807, 2.05) is 13.8 Å². The summed E-state index contributed by atoms with van der Waals surface area (Å²) in [5.41, 5.74) is 3.81. The summed E-state index contributed by atoms with van der Waals surface area (Å²) in [6, 6.07) is 0. The fourth-order valence-corrected chi connectivity index (χ4v) is 3.28. The highest BCUT2D eigenvalue weighted by Crippen LogP contribution is 2.45. The van der Waals surface area contributed by atoms with E-state index in [0.717, 1.165) is 27.6 Å². The molecule has 0 aliphatic heterocycles. The second-order valence-corrected chi connectivity index (χ2v) is 5.40. The van der Waals surface area contributed by atoms with E-state index in [0.29, 0.717) is 18.4 Å². The summed E-state index contributed by atoms with van der Waals surface area (Å²) in [7, 11) is 0. The van der Waals surface area contributed by atoms with Crippen LogP contribution in [-0.2, 0) is 13.0 Å². The van der Waals surface area contributed by atoms with Crippen molar-refractivity contribution in [2.75, 3.05) is 0 Å². The van der Waals surface area contributed by atoms with E-state index in [9.17, 15) is 15.3 Å². The van der Waals surface area contributed by atoms with Crippen molar-refractivity contribution in [1.29, 1.82) is 0 Å². The number of aliphatic hydroxyl groups excluding tert-OH is 2. The topological polar surface area (TPSA) is 73.8 Å². The third kappa shape index (κ3) is 1.60. The first-order valence-corrected chi connectivity index (χ1v) is 6.59. The Bertz CT molecular complexity index is 641. The highest BCUT2D eigenvalue weighted by Gasteiger charge is 2.32. The molecule has 1 heterocycles. The van der Waals surface area contributed by atoms with Crippen LogP contribution in [0.5, 0.6) is 5.75 Å². The van der Waals surface area contributed by atoms with Crippen LogP contribution < -0.4 is 0 Å². The van der Waals surface area contributed by atoms with Crippen LogP contribution in [0.25, 0.3) is 11.0 Å². The summed E-state index contributed by atoms with van der Waals surface area (Å²) >= 11 is 0. The minimum Gasteiger partial charge on any atom is -0.504 e. The summed E-state index contributed by atoms with van der Waals surface area (Å²) in [6.45, 7) is 3.71. The summed E-state index contributed by atoms with van der Waals surface area (Å²) in [5.74, 6) is 0.0737. The lowest BCUT2D eigenvalue weighted by atomic mass is 9.77. The van der Waals surface area contributed by atoms with Gasteiger partial charge in [-0.3, -0.25) is 0 Å². The predicted octanol–water partition coefficient (Wildman–Crippen LogP) is 2.35. The van der Waals surface area contributed by atoms with Crippen molar-refractivity contribution in [2.24, 2.45) is 0 Å². The first-order chi connectivity index (χ1) is 9.06. The second kappa shape index (κ2) is 4.25. The van der Waals surface area contributed by atoms with Gasteiger partial charge in [-0.1, -0.05) is 6.92 Å². The third-order valence-corrected chi connectivity index (χ3v) is 4.31. The van der Waals surface area contributed by atoms with Crippen LogP contribution in [0, 0.1) is 6.92 Å². The molecule has 102 valence electrons. The Morgan fingerprint density at radius 3 is 2.84 bits per heavy atom. The van der Waals surface area contributed by atoms with Gasteiger partial charge in [-0.2, -0.15) is 0 Å². The van der Waals surface area contributed by atoms with E-state index >= 15 is 0 Å². The molecule has 4 nitrogen and oxygen atoms in total. The molecule has 1 aliphatic carbocycles. The molecule has 1 aliphatic rings. The molecule has 0 fully saturated rings. The van der Waals surface area contributed by atoms with Crippen LogP contribution >= 0.6 is 0 Å². The van der Waals surface area contributed by atoms with Gasteiger partial charge < -0.3 is 19.7 Å². The molecule has 2 atom stereocenters. The van der Waals surface area contributed by atoms with Crippen LogP contribution in [0.1, 0.15) is 41.5 Å². The number of aromatic hydroxyl groups is 1. The summed E-state index contributed by atoms with van der Waals surface area (Å²) in [5, 5.41) is 30.9. The molecule has 3 N–H and O–H groups in total. The van der Waals surface area contributed by atoms with Gasteiger partial charge in [-0.25, -0.2) is 0 Å². The number of aliphatic hydroxyl groups is 2. The zero-order valence-electron chi connectivity index (χ0n) is 11.1. The summed E-state index contributed by atoms with van der Waals surface area (Å²) in [6.07, 6.45) is 2.39. The first kappa shape index (κ1) is 12.5. The molecule has 1 aromatic heterocycles. The molecule has 0 unspecified atom stereocenters. The Labute approximate surface area is 111 Å². The Morgan fingerprint density at radius 2 is 2.16 bits per heavy atom. The molecule has 0 spiro atoms. The van der Waals surface area contributed by atoms with Gasteiger partial charge >= 0.3 is 0 Å². The smallest absolute Gasteiger partial charge is 0.176 e. The van der Waals surface area contributed by atoms with Gasteiger partial charge in [0, 0.05) is 16.9 Å². The van der Waals surface area contributed by atoms with Gasteiger partial charge in [0.15, 0.2) is 11.3 Å². The SMILES string of the molecule is Cc1coc2c(O)c3c(c(CO)c12)[C@@H](C)[C@@H](O)CC3. The summed E-state index contributed by atoms with van der Waals surface area (Å²) < 4.78 is 5.43. The standard InChI is InChI=1S/C15H18O4/c1-7-6-19-15-12(7)10(5-16)13-8(2)11(17)4-3-9(13)14(15)18/h6,8,11,16-18H,3-5H2,1-2H3/t8-,11-/m0/s1. The Hall–Kier alpha value is -1.52. The Kier molecular flexibility index (Phi) is 2.80. The minimum absolute atomic E-state index is 0.0875. The van der Waals surface area contributed by atoms with E-state index in [2.05, 4.69) is 0 Å². The van der Waals surface area contributed by atoms with Gasteiger partial charge in [-0.05, 0) is 36.5 Å². The quantitative estimate of drug-likeness (QED) is 0.737. The highest BCUT2D eigenvalue weighted by molar-refractivity contribution is 5.92. The van der Waals surface area contributed by atoms with Crippen molar-refractivity contribution in [3.05, 3.63) is 28.5 Å². The predicted molar refractivity (Wildman–Crippen MR) is 71.3 cm³/mol. The number of hydrogen-bond donors (Lipinski definition) is 3. The molecule has 0 saturated carbocycles. The molecule has 2 aromatic rings. The molecular weight excluding hydrogens is 244 g/mol. The van der Waals surface area contributed by atoms with Crippen molar-refractivity contribution in [3.63, 3.8) is 0 Å². The van der Waals surface area contributed by atoms with Gasteiger partial charge in [-0.15, -0.1) is 0 Å². The van der Waals surface area contributed by atoms with Crippen LogP contribution in [-0.4, -0.2) is 21.4 Å². The van der Waals surface area contributed by atoms with Crippen LogP contribution in [0.2, 0.25) is 0 Å². The van der Waals surface area contributed by atoms with E-state index in [-0.39, 0.29) is 18.3 Å². The van der Waals surface area contributed by atoms with E-state index < -0.39 is 6.10 Å². The zero-order chi connectivity index (χ0) is 13.7. The maximum Gasteiger partial charge on any atom is 0.176 e. The van der Waals surface area contributed by atoms with Crippen molar-refractivity contribution < 1.29 is 19.7 Å². The van der Waals surface area contributed by atoms with Crippen molar-refractivity contribution >= 4 is 11.0 Å². The van der Waals surface area contributed by atoms with E-state index in [1.165, 1.54) is 0 Å². The molecule has 0 radical (unpaired) electrons. The Balaban J connectivity index is 2.43. The van der Waals surface area contributed by atoms with Crippen LogP contribution in [0.3, 0.4) is 0 Å². The fraction of sp³-hybridized carbons (Fsp3) is 0.467. The van der Waals surface area contributed by atoms with Gasteiger partial charge in [0.2, 0.25) is 0 Å². The molecule has 0 saturated heterocycles. The average molecular weight is 262 g/mol. The molecular formula is C15H18O4. The summed E-state index contributed by atoms with van der Waals surface area (Å²) in [4.78, 5) is 0. The monoisotopic (exact) mass is 262 g/mol. The second-order valence-electron chi connectivity index (χ2n) is 5.40.